The van der Waals surface area contributed by atoms with Crippen molar-refractivity contribution in [1.82, 2.24) is 9.88 Å². The number of benzene rings is 2. The SMILES string of the molecule is FCCCN1CC(Cc2ccc(C3=C(c4ncc(F)cc4C(F)(F)F)CCCc4ccccc43)cc2)C1. The molecule has 0 amide bonds. The molecule has 2 aromatic carbocycles. The molecule has 1 fully saturated rings. The van der Waals surface area contributed by atoms with E-state index in [-0.39, 0.29) is 12.4 Å². The molecule has 0 radical (unpaired) electrons. The van der Waals surface area contributed by atoms with E-state index in [4.69, 9.17) is 0 Å². The number of alkyl halides is 4. The summed E-state index contributed by atoms with van der Waals surface area (Å²) in [5.41, 5.74) is 3.94. The van der Waals surface area contributed by atoms with Gasteiger partial charge >= 0.3 is 6.18 Å². The van der Waals surface area contributed by atoms with Gasteiger partial charge in [0.15, 0.2) is 0 Å². The number of aromatic nitrogens is 1. The zero-order chi connectivity index (χ0) is 26.0. The maximum absolute atomic E-state index is 14.0. The van der Waals surface area contributed by atoms with Gasteiger partial charge in [-0.2, -0.15) is 13.2 Å². The normalized spacial score (nSPS) is 16.9. The number of hydrogen-bond acceptors (Lipinski definition) is 2. The third-order valence-electron chi connectivity index (χ3n) is 7.31. The molecule has 3 aromatic rings. The highest BCUT2D eigenvalue weighted by molar-refractivity contribution is 5.99. The fourth-order valence-corrected chi connectivity index (χ4v) is 5.60. The summed E-state index contributed by atoms with van der Waals surface area (Å²) in [6.07, 6.45) is -0.560. The number of likely N-dealkylation sites (tertiary alicyclic amines) is 1. The Hall–Kier alpha value is -3.06. The van der Waals surface area contributed by atoms with Gasteiger partial charge in [0.1, 0.15) is 5.82 Å². The molecule has 1 saturated heterocycles. The summed E-state index contributed by atoms with van der Waals surface area (Å²) in [5.74, 6) is -0.479. The maximum Gasteiger partial charge on any atom is 0.418 e. The second-order valence-electron chi connectivity index (χ2n) is 9.98. The van der Waals surface area contributed by atoms with Crippen LogP contribution in [0, 0.1) is 11.7 Å². The van der Waals surface area contributed by atoms with Crippen LogP contribution in [-0.4, -0.2) is 36.2 Å². The first-order valence-corrected chi connectivity index (χ1v) is 12.8. The summed E-state index contributed by atoms with van der Waals surface area (Å²) in [7, 11) is 0. The summed E-state index contributed by atoms with van der Waals surface area (Å²) in [4.78, 5) is 6.24. The molecular formula is C30H29F5N2. The van der Waals surface area contributed by atoms with Crippen molar-refractivity contribution in [2.24, 2.45) is 5.92 Å². The monoisotopic (exact) mass is 512 g/mol. The third kappa shape index (κ3) is 5.61. The quantitative estimate of drug-likeness (QED) is 0.307. The van der Waals surface area contributed by atoms with Crippen molar-refractivity contribution in [2.75, 3.05) is 26.3 Å². The lowest BCUT2D eigenvalue weighted by Crippen LogP contribution is -2.47. The van der Waals surface area contributed by atoms with Gasteiger partial charge in [-0.15, -0.1) is 0 Å². The molecule has 5 rings (SSSR count). The van der Waals surface area contributed by atoms with Crippen LogP contribution in [0.25, 0.3) is 11.1 Å². The van der Waals surface area contributed by atoms with Crippen LogP contribution in [0.2, 0.25) is 0 Å². The number of hydrogen-bond donors (Lipinski definition) is 0. The summed E-state index contributed by atoms with van der Waals surface area (Å²) >= 11 is 0. The molecule has 0 bridgehead atoms. The van der Waals surface area contributed by atoms with Gasteiger partial charge in [-0.05, 0) is 77.5 Å². The third-order valence-corrected chi connectivity index (χ3v) is 7.31. The van der Waals surface area contributed by atoms with Crippen molar-refractivity contribution in [3.63, 3.8) is 0 Å². The minimum absolute atomic E-state index is 0.201. The van der Waals surface area contributed by atoms with Crippen molar-refractivity contribution < 1.29 is 22.0 Å². The van der Waals surface area contributed by atoms with E-state index in [1.54, 1.807) is 0 Å². The Kier molecular flexibility index (Phi) is 7.43. The fraction of sp³-hybridized carbons (Fsp3) is 0.367. The van der Waals surface area contributed by atoms with E-state index in [1.807, 2.05) is 48.5 Å². The second kappa shape index (κ2) is 10.7. The smallest absolute Gasteiger partial charge is 0.303 e. The van der Waals surface area contributed by atoms with Crippen LogP contribution in [0.15, 0.2) is 60.8 Å². The Morgan fingerprint density at radius 1 is 0.973 bits per heavy atom. The molecule has 37 heavy (non-hydrogen) atoms. The van der Waals surface area contributed by atoms with Crippen LogP contribution >= 0.6 is 0 Å². The lowest BCUT2D eigenvalue weighted by molar-refractivity contribution is -0.138. The zero-order valence-electron chi connectivity index (χ0n) is 20.5. The Bertz CT molecular complexity index is 1270. The van der Waals surface area contributed by atoms with Crippen molar-refractivity contribution in [3.8, 4) is 0 Å². The number of halogens is 5. The molecule has 1 aliphatic heterocycles. The van der Waals surface area contributed by atoms with Crippen molar-refractivity contribution in [1.29, 1.82) is 0 Å². The van der Waals surface area contributed by atoms with Gasteiger partial charge in [-0.3, -0.25) is 9.37 Å². The highest BCUT2D eigenvalue weighted by Crippen LogP contribution is 2.43. The Morgan fingerprint density at radius 2 is 1.73 bits per heavy atom. The van der Waals surface area contributed by atoms with E-state index >= 15 is 0 Å². The van der Waals surface area contributed by atoms with Crippen LogP contribution in [-0.2, 0) is 19.0 Å². The summed E-state index contributed by atoms with van der Waals surface area (Å²) in [6, 6.07) is 16.4. The predicted octanol–water partition coefficient (Wildman–Crippen LogP) is 7.37. The van der Waals surface area contributed by atoms with E-state index in [2.05, 4.69) is 9.88 Å². The van der Waals surface area contributed by atoms with E-state index in [0.717, 1.165) is 60.9 Å². The topological polar surface area (TPSA) is 16.1 Å². The number of rotatable bonds is 7. The van der Waals surface area contributed by atoms with Gasteiger partial charge in [0.25, 0.3) is 0 Å². The molecule has 2 aliphatic rings. The first-order valence-electron chi connectivity index (χ1n) is 12.8. The largest absolute Gasteiger partial charge is 0.418 e. The molecule has 0 spiro atoms. The molecule has 0 unspecified atom stereocenters. The Labute approximate surface area is 213 Å². The van der Waals surface area contributed by atoms with Gasteiger partial charge in [-0.1, -0.05) is 48.5 Å². The van der Waals surface area contributed by atoms with Crippen molar-refractivity contribution in [3.05, 3.63) is 100 Å². The fourth-order valence-electron chi connectivity index (χ4n) is 5.60. The average molecular weight is 513 g/mol. The maximum atomic E-state index is 14.0. The molecule has 7 heteroatoms. The molecule has 0 N–H and O–H groups in total. The van der Waals surface area contributed by atoms with E-state index in [1.165, 1.54) is 5.56 Å². The molecule has 2 nitrogen and oxygen atoms in total. The molecule has 1 aromatic heterocycles. The summed E-state index contributed by atoms with van der Waals surface area (Å²) in [6.45, 7) is 2.42. The molecule has 0 saturated carbocycles. The minimum atomic E-state index is -4.72. The Morgan fingerprint density at radius 3 is 2.46 bits per heavy atom. The Balaban J connectivity index is 1.53. The number of allylic oxidation sites excluding steroid dienone is 1. The molecule has 1 aliphatic carbocycles. The van der Waals surface area contributed by atoms with Gasteiger partial charge in [0, 0.05) is 19.6 Å². The zero-order valence-corrected chi connectivity index (χ0v) is 20.5. The number of pyridine rings is 1. The predicted molar refractivity (Wildman–Crippen MR) is 135 cm³/mol. The van der Waals surface area contributed by atoms with Gasteiger partial charge in [-0.25, -0.2) is 4.39 Å². The van der Waals surface area contributed by atoms with Gasteiger partial charge in [0.2, 0.25) is 0 Å². The highest BCUT2D eigenvalue weighted by atomic mass is 19.4. The van der Waals surface area contributed by atoms with Crippen LogP contribution < -0.4 is 0 Å². The lowest BCUT2D eigenvalue weighted by atomic mass is 9.86. The number of fused-ring (bicyclic) bond motifs is 1. The van der Waals surface area contributed by atoms with E-state index < -0.39 is 17.6 Å². The molecule has 194 valence electrons. The second-order valence-corrected chi connectivity index (χ2v) is 9.98. The van der Waals surface area contributed by atoms with Crippen LogP contribution in [0.5, 0.6) is 0 Å². The van der Waals surface area contributed by atoms with Crippen molar-refractivity contribution >= 4 is 11.1 Å². The van der Waals surface area contributed by atoms with E-state index in [9.17, 15) is 22.0 Å². The summed E-state index contributed by atoms with van der Waals surface area (Å²) < 4.78 is 68.2. The lowest BCUT2D eigenvalue weighted by Gasteiger charge is -2.39. The molecule has 0 atom stereocenters. The van der Waals surface area contributed by atoms with Crippen LogP contribution in [0.1, 0.15) is 52.8 Å². The summed E-state index contributed by atoms with van der Waals surface area (Å²) in [5, 5.41) is 0. The molecular weight excluding hydrogens is 483 g/mol. The minimum Gasteiger partial charge on any atom is -0.303 e. The number of nitrogens with zero attached hydrogens (tertiary/aromatic N) is 2. The highest BCUT2D eigenvalue weighted by Gasteiger charge is 2.37. The van der Waals surface area contributed by atoms with Crippen LogP contribution in [0.4, 0.5) is 22.0 Å². The first kappa shape index (κ1) is 25.6. The molecule has 2 heterocycles. The van der Waals surface area contributed by atoms with Gasteiger partial charge in [0.05, 0.1) is 24.1 Å². The van der Waals surface area contributed by atoms with Gasteiger partial charge < -0.3 is 4.90 Å². The van der Waals surface area contributed by atoms with E-state index in [0.29, 0.717) is 36.8 Å². The number of aryl methyl sites for hydroxylation is 1. The average Bonchev–Trinajstić information content (AvgIpc) is 3.05. The first-order chi connectivity index (χ1) is 17.8. The van der Waals surface area contributed by atoms with Crippen molar-refractivity contribution in [2.45, 2.75) is 38.3 Å². The standard InChI is InChI=1S/C30H29F5N2/c31-13-4-14-37-18-21(19-37)15-20-9-11-23(12-10-20)28-25-7-2-1-5-22(25)6-3-8-26(28)29-27(30(33,34)35)16-24(32)17-36-29/h1-2,5,7,9-12,16-17,21H,3-4,6,8,13-15,18-19H2. The van der Waals surface area contributed by atoms with Crippen LogP contribution in [0.3, 0.4) is 0 Å².